The SMILES string of the molecule is C=C/C=C(\C=C/CC)C(C)CCCC.CC. The van der Waals surface area contributed by atoms with Gasteiger partial charge in [0.05, 0.1) is 0 Å². The summed E-state index contributed by atoms with van der Waals surface area (Å²) in [4.78, 5) is 0. The minimum absolute atomic E-state index is 0.663. The summed E-state index contributed by atoms with van der Waals surface area (Å²) in [7, 11) is 0. The van der Waals surface area contributed by atoms with Gasteiger partial charge in [-0.1, -0.05) is 78.3 Å². The van der Waals surface area contributed by atoms with Crippen LogP contribution < -0.4 is 0 Å². The van der Waals surface area contributed by atoms with Crippen molar-refractivity contribution >= 4 is 0 Å². The fraction of sp³-hybridized carbons (Fsp3) is 0.625. The summed E-state index contributed by atoms with van der Waals surface area (Å²) >= 11 is 0. The number of hydrogen-bond donors (Lipinski definition) is 0. The highest BCUT2D eigenvalue weighted by Crippen LogP contribution is 2.19. The molecule has 1 unspecified atom stereocenters. The van der Waals surface area contributed by atoms with Crippen LogP contribution in [0, 0.1) is 5.92 Å². The molecule has 0 aliphatic heterocycles. The standard InChI is InChI=1S/C14H24.C2H6/c1-5-8-11-13(4)14(10-7-3)12-9-6-2;1-2/h7,9-10,12-13H,3,5-6,8,11H2,1-2,4H3;1-2H3/b12-9-,14-10+;. The molecule has 1 atom stereocenters. The van der Waals surface area contributed by atoms with Gasteiger partial charge in [0.2, 0.25) is 0 Å². The molecule has 0 aliphatic carbocycles. The van der Waals surface area contributed by atoms with Crippen LogP contribution in [0.1, 0.15) is 60.3 Å². The quantitative estimate of drug-likeness (QED) is 0.469. The molecule has 94 valence electrons. The van der Waals surface area contributed by atoms with E-state index in [2.05, 4.69) is 45.6 Å². The van der Waals surface area contributed by atoms with Crippen molar-refractivity contribution in [3.8, 4) is 0 Å². The third kappa shape index (κ3) is 9.76. The fourth-order valence-electron chi connectivity index (χ4n) is 1.45. The predicted octanol–water partition coefficient (Wildman–Crippen LogP) is 5.92. The lowest BCUT2D eigenvalue weighted by Crippen LogP contribution is -1.97. The van der Waals surface area contributed by atoms with Gasteiger partial charge in [-0.15, -0.1) is 0 Å². The molecule has 0 N–H and O–H groups in total. The molecular formula is C16H30. The minimum Gasteiger partial charge on any atom is -0.0991 e. The normalized spacial score (nSPS) is 13.2. The first-order valence-corrected chi connectivity index (χ1v) is 6.75. The van der Waals surface area contributed by atoms with Gasteiger partial charge >= 0.3 is 0 Å². The molecule has 0 heteroatoms. The van der Waals surface area contributed by atoms with E-state index in [-0.39, 0.29) is 0 Å². The lowest BCUT2D eigenvalue weighted by Gasteiger charge is -2.11. The molecular weight excluding hydrogens is 192 g/mol. The first-order chi connectivity index (χ1) is 7.76. The van der Waals surface area contributed by atoms with Gasteiger partial charge < -0.3 is 0 Å². The summed E-state index contributed by atoms with van der Waals surface area (Å²) in [5, 5.41) is 0. The molecule has 0 bridgehead atoms. The van der Waals surface area contributed by atoms with E-state index >= 15 is 0 Å². The molecule has 0 spiro atoms. The molecule has 0 amide bonds. The topological polar surface area (TPSA) is 0 Å². The van der Waals surface area contributed by atoms with E-state index in [0.717, 1.165) is 6.42 Å². The fourth-order valence-corrected chi connectivity index (χ4v) is 1.45. The molecule has 0 aromatic heterocycles. The van der Waals surface area contributed by atoms with Crippen LogP contribution >= 0.6 is 0 Å². The average Bonchev–Trinajstić information content (AvgIpc) is 2.34. The summed E-state index contributed by atoms with van der Waals surface area (Å²) in [6, 6.07) is 0. The summed E-state index contributed by atoms with van der Waals surface area (Å²) in [5.74, 6) is 0.663. The van der Waals surface area contributed by atoms with Crippen molar-refractivity contribution in [2.75, 3.05) is 0 Å². The molecule has 0 rings (SSSR count). The Labute approximate surface area is 103 Å². The van der Waals surface area contributed by atoms with Crippen LogP contribution in [0.25, 0.3) is 0 Å². The van der Waals surface area contributed by atoms with Crippen molar-refractivity contribution in [1.82, 2.24) is 0 Å². The second-order valence-corrected chi connectivity index (χ2v) is 3.76. The Kier molecular flexibility index (Phi) is 15.7. The highest BCUT2D eigenvalue weighted by Gasteiger charge is 2.03. The monoisotopic (exact) mass is 222 g/mol. The average molecular weight is 222 g/mol. The minimum atomic E-state index is 0.663. The van der Waals surface area contributed by atoms with Gasteiger partial charge in [-0.25, -0.2) is 0 Å². The summed E-state index contributed by atoms with van der Waals surface area (Å²) in [6.07, 6.45) is 13.5. The predicted molar refractivity (Wildman–Crippen MR) is 77.7 cm³/mol. The lowest BCUT2D eigenvalue weighted by atomic mass is 9.94. The molecule has 0 saturated heterocycles. The Hall–Kier alpha value is -0.780. The number of hydrogen-bond acceptors (Lipinski definition) is 0. The first kappa shape index (κ1) is 17.6. The van der Waals surface area contributed by atoms with E-state index in [1.807, 2.05) is 19.9 Å². The van der Waals surface area contributed by atoms with Crippen LogP contribution in [0.2, 0.25) is 0 Å². The zero-order valence-electron chi connectivity index (χ0n) is 11.9. The third-order valence-corrected chi connectivity index (χ3v) is 2.42. The van der Waals surface area contributed by atoms with Crippen molar-refractivity contribution < 1.29 is 0 Å². The maximum absolute atomic E-state index is 3.76. The molecule has 0 saturated carbocycles. The maximum atomic E-state index is 3.76. The largest absolute Gasteiger partial charge is 0.0991 e. The van der Waals surface area contributed by atoms with E-state index in [4.69, 9.17) is 0 Å². The van der Waals surface area contributed by atoms with Gasteiger partial charge in [0.25, 0.3) is 0 Å². The number of unbranched alkanes of at least 4 members (excludes halogenated alkanes) is 1. The number of rotatable bonds is 7. The maximum Gasteiger partial charge on any atom is -0.0191 e. The van der Waals surface area contributed by atoms with Gasteiger partial charge in [-0.3, -0.25) is 0 Å². The summed E-state index contributed by atoms with van der Waals surface area (Å²) < 4.78 is 0. The molecule has 0 nitrogen and oxygen atoms in total. The zero-order valence-corrected chi connectivity index (χ0v) is 11.9. The van der Waals surface area contributed by atoms with Crippen LogP contribution in [0.3, 0.4) is 0 Å². The van der Waals surface area contributed by atoms with Crippen molar-refractivity contribution in [2.45, 2.75) is 60.3 Å². The molecule has 0 heterocycles. The second-order valence-electron chi connectivity index (χ2n) is 3.76. The Morgan fingerprint density at radius 1 is 1.25 bits per heavy atom. The Morgan fingerprint density at radius 3 is 2.31 bits per heavy atom. The van der Waals surface area contributed by atoms with Crippen LogP contribution in [0.4, 0.5) is 0 Å². The van der Waals surface area contributed by atoms with E-state index in [1.165, 1.54) is 24.8 Å². The molecule has 0 aromatic carbocycles. The highest BCUT2D eigenvalue weighted by molar-refractivity contribution is 5.25. The van der Waals surface area contributed by atoms with Crippen LogP contribution in [0.15, 0.2) is 36.5 Å². The second kappa shape index (κ2) is 14.2. The molecule has 16 heavy (non-hydrogen) atoms. The van der Waals surface area contributed by atoms with Crippen molar-refractivity contribution in [2.24, 2.45) is 5.92 Å². The van der Waals surface area contributed by atoms with Crippen molar-refractivity contribution in [3.05, 3.63) is 36.5 Å². The molecule has 0 fully saturated rings. The summed E-state index contributed by atoms with van der Waals surface area (Å²) in [5.41, 5.74) is 1.41. The first-order valence-electron chi connectivity index (χ1n) is 6.75. The van der Waals surface area contributed by atoms with E-state index < -0.39 is 0 Å². The molecule has 0 aliphatic rings. The Balaban J connectivity index is 0. The van der Waals surface area contributed by atoms with Crippen LogP contribution in [-0.4, -0.2) is 0 Å². The van der Waals surface area contributed by atoms with Gasteiger partial charge in [0, 0.05) is 0 Å². The number of allylic oxidation sites excluding steroid dienone is 5. The molecule has 0 radical (unpaired) electrons. The Morgan fingerprint density at radius 2 is 1.88 bits per heavy atom. The highest BCUT2D eigenvalue weighted by atomic mass is 14.1. The zero-order chi connectivity index (χ0) is 12.8. The van der Waals surface area contributed by atoms with Gasteiger partial charge in [-0.2, -0.15) is 0 Å². The van der Waals surface area contributed by atoms with E-state index in [9.17, 15) is 0 Å². The smallest absolute Gasteiger partial charge is 0.0191 e. The third-order valence-electron chi connectivity index (χ3n) is 2.42. The van der Waals surface area contributed by atoms with Gasteiger partial charge in [0.15, 0.2) is 0 Å². The van der Waals surface area contributed by atoms with E-state index in [1.54, 1.807) is 0 Å². The Bertz CT molecular complexity index is 196. The molecule has 0 aromatic rings. The van der Waals surface area contributed by atoms with E-state index in [0.29, 0.717) is 5.92 Å². The lowest BCUT2D eigenvalue weighted by molar-refractivity contribution is 0.581. The van der Waals surface area contributed by atoms with Crippen molar-refractivity contribution in [1.29, 1.82) is 0 Å². The van der Waals surface area contributed by atoms with Gasteiger partial charge in [-0.05, 0) is 24.3 Å². The van der Waals surface area contributed by atoms with Crippen molar-refractivity contribution in [3.63, 3.8) is 0 Å². The van der Waals surface area contributed by atoms with Crippen LogP contribution in [-0.2, 0) is 0 Å². The van der Waals surface area contributed by atoms with Crippen LogP contribution in [0.5, 0.6) is 0 Å². The van der Waals surface area contributed by atoms with Gasteiger partial charge in [0.1, 0.15) is 0 Å². The summed E-state index contributed by atoms with van der Waals surface area (Å²) in [6.45, 7) is 14.5.